The number of thiophene rings is 1. The van der Waals surface area contributed by atoms with Crippen LogP contribution in [-0.4, -0.2) is 33.2 Å². The van der Waals surface area contributed by atoms with Crippen molar-refractivity contribution in [1.82, 2.24) is 14.9 Å². The number of carbonyl (C=O) groups is 1. The first-order valence-corrected chi connectivity index (χ1v) is 8.04. The van der Waals surface area contributed by atoms with Gasteiger partial charge in [-0.2, -0.15) is 0 Å². The van der Waals surface area contributed by atoms with Gasteiger partial charge in [0.1, 0.15) is 16.3 Å². The molecule has 106 valence electrons. The smallest absolute Gasteiger partial charge is 0.221 e. The maximum absolute atomic E-state index is 10.8. The molecule has 1 aliphatic rings. The second-order valence-corrected chi connectivity index (χ2v) is 6.70. The van der Waals surface area contributed by atoms with Crippen molar-refractivity contribution >= 4 is 50.0 Å². The van der Waals surface area contributed by atoms with Gasteiger partial charge in [0.2, 0.25) is 5.24 Å². The average molecular weight is 330 g/mol. The molecule has 0 aromatic carbocycles. The molecule has 0 spiro atoms. The van der Waals surface area contributed by atoms with Crippen LogP contribution in [0.25, 0.3) is 10.2 Å². The molecular formula is C13H13Cl2N3OS. The third-order valence-corrected chi connectivity index (χ3v) is 5.12. The molecule has 0 N–H and O–H groups in total. The van der Waals surface area contributed by atoms with Crippen molar-refractivity contribution in [1.29, 1.82) is 0 Å². The van der Waals surface area contributed by atoms with Crippen LogP contribution in [-0.2, 0) is 17.8 Å². The van der Waals surface area contributed by atoms with E-state index in [4.69, 9.17) is 23.2 Å². The topological polar surface area (TPSA) is 46.1 Å². The van der Waals surface area contributed by atoms with Gasteiger partial charge in [0.15, 0.2) is 0 Å². The number of fused-ring (bicyclic) bond motifs is 3. The summed E-state index contributed by atoms with van der Waals surface area (Å²) >= 11 is 13.2. The van der Waals surface area contributed by atoms with Crippen LogP contribution in [0.3, 0.4) is 0 Å². The summed E-state index contributed by atoms with van der Waals surface area (Å²) in [4.78, 5) is 23.8. The zero-order valence-corrected chi connectivity index (χ0v) is 13.1. The van der Waals surface area contributed by atoms with Gasteiger partial charge in [0, 0.05) is 24.4 Å². The minimum atomic E-state index is -0.258. The molecule has 0 saturated carbocycles. The van der Waals surface area contributed by atoms with Crippen molar-refractivity contribution < 1.29 is 4.79 Å². The standard InChI is InChI=1S/C13H13Cl2N3OS/c14-10(19)2-1-4-18-5-3-8-9(6-18)20-13-11(8)12(15)16-7-17-13/h7H,1-6H2. The minimum absolute atomic E-state index is 0.258. The molecule has 0 unspecified atom stereocenters. The number of aromatic nitrogens is 2. The summed E-state index contributed by atoms with van der Waals surface area (Å²) in [6, 6.07) is 0. The highest BCUT2D eigenvalue weighted by molar-refractivity contribution is 7.19. The van der Waals surface area contributed by atoms with Gasteiger partial charge < -0.3 is 0 Å². The molecule has 3 rings (SSSR count). The zero-order valence-electron chi connectivity index (χ0n) is 10.7. The summed E-state index contributed by atoms with van der Waals surface area (Å²) in [6.45, 7) is 2.76. The van der Waals surface area contributed by atoms with Crippen molar-refractivity contribution in [2.75, 3.05) is 13.1 Å². The van der Waals surface area contributed by atoms with Crippen LogP contribution >= 0.6 is 34.5 Å². The Bertz CT molecular complexity index is 658. The number of halogens is 2. The third-order valence-electron chi connectivity index (χ3n) is 3.52. The van der Waals surface area contributed by atoms with E-state index in [0.717, 1.165) is 42.7 Å². The highest BCUT2D eigenvalue weighted by atomic mass is 35.5. The molecule has 0 aliphatic carbocycles. The van der Waals surface area contributed by atoms with Crippen LogP contribution < -0.4 is 0 Å². The van der Waals surface area contributed by atoms with Crippen LogP contribution in [0.2, 0.25) is 5.15 Å². The van der Waals surface area contributed by atoms with Crippen molar-refractivity contribution in [2.45, 2.75) is 25.8 Å². The molecule has 4 nitrogen and oxygen atoms in total. The zero-order chi connectivity index (χ0) is 14.1. The van der Waals surface area contributed by atoms with E-state index < -0.39 is 0 Å². The van der Waals surface area contributed by atoms with Gasteiger partial charge >= 0.3 is 0 Å². The predicted octanol–water partition coefficient (Wildman–Crippen LogP) is 3.25. The normalized spacial score (nSPS) is 15.5. The molecule has 2 aromatic heterocycles. The van der Waals surface area contributed by atoms with Crippen molar-refractivity contribution in [3.63, 3.8) is 0 Å². The fraction of sp³-hybridized carbons (Fsp3) is 0.462. The minimum Gasteiger partial charge on any atom is -0.298 e. The van der Waals surface area contributed by atoms with E-state index >= 15 is 0 Å². The lowest BCUT2D eigenvalue weighted by molar-refractivity contribution is -0.111. The lowest BCUT2D eigenvalue weighted by Gasteiger charge is -2.26. The Morgan fingerprint density at radius 3 is 3.10 bits per heavy atom. The van der Waals surface area contributed by atoms with E-state index in [2.05, 4.69) is 14.9 Å². The monoisotopic (exact) mass is 329 g/mol. The molecule has 2 aromatic rings. The van der Waals surface area contributed by atoms with E-state index in [0.29, 0.717) is 11.6 Å². The summed E-state index contributed by atoms with van der Waals surface area (Å²) in [5, 5.41) is 1.31. The van der Waals surface area contributed by atoms with Gasteiger partial charge in [0.25, 0.3) is 0 Å². The maximum atomic E-state index is 10.8. The van der Waals surface area contributed by atoms with Crippen LogP contribution in [0, 0.1) is 0 Å². The Morgan fingerprint density at radius 1 is 1.45 bits per heavy atom. The summed E-state index contributed by atoms with van der Waals surface area (Å²) < 4.78 is 0. The second kappa shape index (κ2) is 5.93. The van der Waals surface area contributed by atoms with E-state index in [1.54, 1.807) is 11.3 Å². The van der Waals surface area contributed by atoms with Gasteiger partial charge in [-0.3, -0.25) is 9.69 Å². The molecule has 1 aliphatic heterocycles. The van der Waals surface area contributed by atoms with Crippen molar-refractivity contribution in [2.24, 2.45) is 0 Å². The fourth-order valence-corrected chi connectivity index (χ4v) is 4.24. The van der Waals surface area contributed by atoms with E-state index in [9.17, 15) is 4.79 Å². The Kier molecular flexibility index (Phi) is 4.21. The van der Waals surface area contributed by atoms with Gasteiger partial charge in [-0.1, -0.05) is 11.6 Å². The summed E-state index contributed by atoms with van der Waals surface area (Å²) in [7, 11) is 0. The number of nitrogens with zero attached hydrogens (tertiary/aromatic N) is 3. The Hall–Kier alpha value is -0.750. The molecule has 0 atom stereocenters. The number of hydrogen-bond donors (Lipinski definition) is 0. The first-order chi connectivity index (χ1) is 9.65. The van der Waals surface area contributed by atoms with Gasteiger partial charge in [-0.25, -0.2) is 9.97 Å². The largest absolute Gasteiger partial charge is 0.298 e. The maximum Gasteiger partial charge on any atom is 0.221 e. The van der Waals surface area contributed by atoms with E-state index in [1.807, 2.05) is 0 Å². The lowest BCUT2D eigenvalue weighted by atomic mass is 10.1. The Morgan fingerprint density at radius 2 is 2.30 bits per heavy atom. The van der Waals surface area contributed by atoms with Crippen LogP contribution in [0.1, 0.15) is 23.3 Å². The van der Waals surface area contributed by atoms with Crippen molar-refractivity contribution in [3.05, 3.63) is 21.9 Å². The molecule has 7 heteroatoms. The summed E-state index contributed by atoms with van der Waals surface area (Å²) in [6.07, 6.45) is 3.71. The second-order valence-electron chi connectivity index (χ2n) is 4.83. The number of hydrogen-bond acceptors (Lipinski definition) is 5. The fourth-order valence-electron chi connectivity index (χ4n) is 2.57. The Labute approximate surface area is 130 Å². The first kappa shape index (κ1) is 14.2. The van der Waals surface area contributed by atoms with Crippen LogP contribution in [0.5, 0.6) is 0 Å². The highest BCUT2D eigenvalue weighted by Crippen LogP contribution is 2.36. The lowest BCUT2D eigenvalue weighted by Crippen LogP contribution is -2.30. The molecule has 0 fully saturated rings. The SMILES string of the molecule is O=C(Cl)CCCN1CCc2c(sc3ncnc(Cl)c23)C1. The van der Waals surface area contributed by atoms with Gasteiger partial charge in [-0.15, -0.1) is 11.3 Å². The van der Waals surface area contributed by atoms with Crippen LogP contribution in [0.4, 0.5) is 0 Å². The molecule has 20 heavy (non-hydrogen) atoms. The predicted molar refractivity (Wildman–Crippen MR) is 81.5 cm³/mol. The average Bonchev–Trinajstić information content (AvgIpc) is 2.77. The van der Waals surface area contributed by atoms with Gasteiger partial charge in [0.05, 0.1) is 5.39 Å². The molecule has 0 radical (unpaired) electrons. The van der Waals surface area contributed by atoms with E-state index in [-0.39, 0.29) is 5.24 Å². The summed E-state index contributed by atoms with van der Waals surface area (Å²) in [5.41, 5.74) is 1.29. The molecule has 0 saturated heterocycles. The van der Waals surface area contributed by atoms with Gasteiger partial charge in [-0.05, 0) is 36.6 Å². The number of rotatable bonds is 4. The first-order valence-electron chi connectivity index (χ1n) is 6.46. The highest BCUT2D eigenvalue weighted by Gasteiger charge is 2.23. The molecule has 0 amide bonds. The quantitative estimate of drug-likeness (QED) is 0.638. The molecule has 0 bridgehead atoms. The van der Waals surface area contributed by atoms with Crippen LogP contribution in [0.15, 0.2) is 6.33 Å². The molecular weight excluding hydrogens is 317 g/mol. The summed E-state index contributed by atoms with van der Waals surface area (Å²) in [5.74, 6) is 0. The van der Waals surface area contributed by atoms with Crippen molar-refractivity contribution in [3.8, 4) is 0 Å². The van der Waals surface area contributed by atoms with E-state index in [1.165, 1.54) is 16.8 Å². The Balaban J connectivity index is 1.77. The number of carbonyl (C=O) groups excluding carboxylic acids is 1. The molecule has 3 heterocycles. The third kappa shape index (κ3) is 2.81.